The summed E-state index contributed by atoms with van der Waals surface area (Å²) >= 11 is 3.40. The predicted molar refractivity (Wildman–Crippen MR) is 89.0 cm³/mol. The van der Waals surface area contributed by atoms with Gasteiger partial charge in [0, 0.05) is 30.3 Å². The summed E-state index contributed by atoms with van der Waals surface area (Å²) in [5, 5.41) is 3.40. The third-order valence-electron chi connectivity index (χ3n) is 3.78. The molecule has 3 heterocycles. The van der Waals surface area contributed by atoms with E-state index in [1.165, 1.54) is 0 Å². The molecule has 1 atom stereocenters. The molecule has 22 heavy (non-hydrogen) atoms. The first-order chi connectivity index (χ1) is 10.7. The lowest BCUT2D eigenvalue weighted by molar-refractivity contribution is 0.0143. The fourth-order valence-electron chi connectivity index (χ4n) is 2.61. The maximum Gasteiger partial charge on any atom is 0.126 e. The fraction of sp³-hybridized carbons (Fsp3) is 0.438. The highest BCUT2D eigenvalue weighted by atomic mass is 79.9. The van der Waals surface area contributed by atoms with E-state index in [1.54, 1.807) is 6.20 Å². The van der Waals surface area contributed by atoms with Crippen LogP contribution < -0.4 is 5.32 Å². The summed E-state index contributed by atoms with van der Waals surface area (Å²) in [7, 11) is 0. The lowest BCUT2D eigenvalue weighted by Gasteiger charge is -2.33. The van der Waals surface area contributed by atoms with Gasteiger partial charge in [0.25, 0.3) is 0 Å². The summed E-state index contributed by atoms with van der Waals surface area (Å²) in [6.45, 7) is 6.10. The highest BCUT2D eigenvalue weighted by molar-refractivity contribution is 9.10. The smallest absolute Gasteiger partial charge is 0.126 e. The van der Waals surface area contributed by atoms with Crippen LogP contribution in [0.25, 0.3) is 0 Å². The van der Waals surface area contributed by atoms with Crippen LogP contribution in [0.15, 0.2) is 39.4 Å². The Kier molecular flexibility index (Phi) is 5.12. The maximum absolute atomic E-state index is 5.86. The number of aryl methyl sites for hydroxylation is 1. The molecule has 1 unspecified atom stereocenters. The first-order valence-electron chi connectivity index (χ1n) is 7.46. The highest BCUT2D eigenvalue weighted by Gasteiger charge is 2.25. The average molecular weight is 366 g/mol. The Labute approximate surface area is 138 Å². The number of pyridine rings is 1. The minimum atomic E-state index is 0.183. The second kappa shape index (κ2) is 7.26. The summed E-state index contributed by atoms with van der Waals surface area (Å²) < 4.78 is 12.3. The molecule has 118 valence electrons. The van der Waals surface area contributed by atoms with Crippen molar-refractivity contribution in [3.05, 3.63) is 46.5 Å². The van der Waals surface area contributed by atoms with E-state index in [0.29, 0.717) is 0 Å². The Balaban J connectivity index is 1.71. The van der Waals surface area contributed by atoms with Crippen LogP contribution in [0, 0.1) is 6.92 Å². The Morgan fingerprint density at radius 1 is 1.27 bits per heavy atom. The van der Waals surface area contributed by atoms with E-state index in [4.69, 9.17) is 9.15 Å². The minimum Gasteiger partial charge on any atom is -0.465 e. The summed E-state index contributed by atoms with van der Waals surface area (Å²) in [4.78, 5) is 6.76. The molecule has 5 nitrogen and oxygen atoms in total. The molecule has 0 aromatic carbocycles. The van der Waals surface area contributed by atoms with Gasteiger partial charge in [-0.2, -0.15) is 0 Å². The Bertz CT molecular complexity index is 594. The first-order valence-corrected chi connectivity index (χ1v) is 8.25. The van der Waals surface area contributed by atoms with E-state index >= 15 is 0 Å². The summed E-state index contributed by atoms with van der Waals surface area (Å²) in [6.07, 6.45) is 1.79. The molecule has 0 amide bonds. The number of halogens is 1. The van der Waals surface area contributed by atoms with Gasteiger partial charge in [0.1, 0.15) is 17.3 Å². The van der Waals surface area contributed by atoms with Crippen LogP contribution >= 0.6 is 15.9 Å². The van der Waals surface area contributed by atoms with E-state index < -0.39 is 0 Å². The normalized spacial score (nSPS) is 17.4. The second-order valence-corrected chi connectivity index (χ2v) is 6.27. The van der Waals surface area contributed by atoms with Gasteiger partial charge in [-0.3, -0.25) is 4.90 Å². The number of aromatic nitrogens is 1. The van der Waals surface area contributed by atoms with Gasteiger partial charge in [0.05, 0.1) is 19.3 Å². The van der Waals surface area contributed by atoms with Gasteiger partial charge < -0.3 is 14.5 Å². The lowest BCUT2D eigenvalue weighted by atomic mass is 10.1. The van der Waals surface area contributed by atoms with Crippen LogP contribution in [0.4, 0.5) is 5.82 Å². The van der Waals surface area contributed by atoms with Gasteiger partial charge >= 0.3 is 0 Å². The van der Waals surface area contributed by atoms with E-state index in [2.05, 4.69) is 37.2 Å². The molecule has 0 spiro atoms. The van der Waals surface area contributed by atoms with Crippen molar-refractivity contribution in [2.24, 2.45) is 0 Å². The number of anilines is 1. The largest absolute Gasteiger partial charge is 0.465 e. The van der Waals surface area contributed by atoms with Crippen LogP contribution in [-0.4, -0.2) is 42.7 Å². The van der Waals surface area contributed by atoms with Crippen molar-refractivity contribution in [1.82, 2.24) is 9.88 Å². The van der Waals surface area contributed by atoms with Crippen molar-refractivity contribution in [2.45, 2.75) is 13.0 Å². The van der Waals surface area contributed by atoms with Crippen molar-refractivity contribution < 1.29 is 9.15 Å². The van der Waals surface area contributed by atoms with Crippen molar-refractivity contribution >= 4 is 21.7 Å². The van der Waals surface area contributed by atoms with Crippen LogP contribution in [0.5, 0.6) is 0 Å². The van der Waals surface area contributed by atoms with E-state index in [-0.39, 0.29) is 6.04 Å². The van der Waals surface area contributed by atoms with Gasteiger partial charge in [-0.1, -0.05) is 0 Å². The number of furan rings is 1. The van der Waals surface area contributed by atoms with E-state index in [0.717, 1.165) is 54.7 Å². The third kappa shape index (κ3) is 3.88. The molecule has 0 radical (unpaired) electrons. The Morgan fingerprint density at radius 3 is 2.73 bits per heavy atom. The van der Waals surface area contributed by atoms with Crippen molar-refractivity contribution in [3.8, 4) is 0 Å². The minimum absolute atomic E-state index is 0.183. The molecule has 2 aromatic heterocycles. The summed E-state index contributed by atoms with van der Waals surface area (Å²) in [5.74, 6) is 2.80. The van der Waals surface area contributed by atoms with Crippen LogP contribution in [0.2, 0.25) is 0 Å². The molecule has 3 rings (SSSR count). The molecule has 0 saturated carbocycles. The monoisotopic (exact) mass is 365 g/mol. The zero-order valence-corrected chi connectivity index (χ0v) is 14.2. The van der Waals surface area contributed by atoms with Crippen LogP contribution in [0.3, 0.4) is 0 Å². The lowest BCUT2D eigenvalue weighted by Crippen LogP contribution is -2.41. The topological polar surface area (TPSA) is 50.5 Å². The maximum atomic E-state index is 5.86. The van der Waals surface area contributed by atoms with Crippen LogP contribution in [0.1, 0.15) is 17.6 Å². The van der Waals surface area contributed by atoms with Gasteiger partial charge in [-0.05, 0) is 47.1 Å². The molecule has 0 bridgehead atoms. The molecule has 1 aliphatic heterocycles. The van der Waals surface area contributed by atoms with Gasteiger partial charge in [-0.15, -0.1) is 0 Å². The molecular formula is C16H20BrN3O2. The van der Waals surface area contributed by atoms with Crippen LogP contribution in [-0.2, 0) is 4.74 Å². The second-order valence-electron chi connectivity index (χ2n) is 5.36. The first kappa shape index (κ1) is 15.5. The van der Waals surface area contributed by atoms with E-state index in [9.17, 15) is 0 Å². The molecule has 1 fully saturated rings. The van der Waals surface area contributed by atoms with Crippen molar-refractivity contribution in [3.63, 3.8) is 0 Å². The van der Waals surface area contributed by atoms with Crippen molar-refractivity contribution in [1.29, 1.82) is 0 Å². The molecule has 1 saturated heterocycles. The van der Waals surface area contributed by atoms with E-state index in [1.807, 2.05) is 25.1 Å². The predicted octanol–water partition coefficient (Wildman–Crippen LogP) is 3.23. The fourth-order valence-corrected chi connectivity index (χ4v) is 2.85. The van der Waals surface area contributed by atoms with Crippen molar-refractivity contribution in [2.75, 3.05) is 38.2 Å². The number of morpholine rings is 1. The third-order valence-corrected chi connectivity index (χ3v) is 4.25. The number of hydrogen-bond acceptors (Lipinski definition) is 5. The summed E-state index contributed by atoms with van der Waals surface area (Å²) in [5.41, 5.74) is 0. The average Bonchev–Trinajstić information content (AvgIpc) is 2.97. The molecule has 1 N–H and O–H groups in total. The van der Waals surface area contributed by atoms with Gasteiger partial charge in [0.15, 0.2) is 0 Å². The number of nitrogens with one attached hydrogen (secondary N) is 1. The Morgan fingerprint density at radius 2 is 2.09 bits per heavy atom. The molecule has 2 aromatic rings. The molecule has 0 aliphatic carbocycles. The standard InChI is InChI=1S/C16H20BrN3O2/c1-12-2-4-15(22-12)14(20-6-8-21-9-7-20)11-19-16-5-3-13(17)10-18-16/h2-5,10,14H,6-9,11H2,1H3,(H,18,19). The molecule has 1 aliphatic rings. The number of ether oxygens (including phenoxy) is 1. The number of hydrogen-bond donors (Lipinski definition) is 1. The summed E-state index contributed by atoms with van der Waals surface area (Å²) in [6, 6.07) is 8.21. The SMILES string of the molecule is Cc1ccc(C(CNc2ccc(Br)cn2)N2CCOCC2)o1. The van der Waals surface area contributed by atoms with Gasteiger partial charge in [-0.25, -0.2) is 4.98 Å². The molecule has 6 heteroatoms. The highest BCUT2D eigenvalue weighted by Crippen LogP contribution is 2.24. The zero-order chi connectivity index (χ0) is 15.4. The molecular weight excluding hydrogens is 346 g/mol. The number of rotatable bonds is 5. The zero-order valence-electron chi connectivity index (χ0n) is 12.6. The van der Waals surface area contributed by atoms with Gasteiger partial charge in [0.2, 0.25) is 0 Å². The number of nitrogens with zero attached hydrogens (tertiary/aromatic N) is 2. The quantitative estimate of drug-likeness (QED) is 0.881. The Hall–Kier alpha value is -1.37.